The number of rotatable bonds is 10. The zero-order chi connectivity index (χ0) is 19.6. The van der Waals surface area contributed by atoms with Crippen LogP contribution in [0.4, 0.5) is 0 Å². The average Bonchev–Trinajstić information content (AvgIpc) is 2.67. The summed E-state index contributed by atoms with van der Waals surface area (Å²) in [4.78, 5) is 34.7. The maximum atomic E-state index is 12.2. The molecule has 0 unspecified atom stereocenters. The summed E-state index contributed by atoms with van der Waals surface area (Å²) in [7, 11) is 0. The second-order valence-electron chi connectivity index (χ2n) is 6.60. The Hall–Kier alpha value is -2.95. The Labute approximate surface area is 159 Å². The first-order valence-electron chi connectivity index (χ1n) is 9.15. The molecule has 0 amide bonds. The molecular weight excluding hydrogens is 342 g/mol. The monoisotopic (exact) mass is 367 g/mol. The van der Waals surface area contributed by atoms with Crippen LogP contribution in [0.5, 0.6) is 0 Å². The number of pyridine rings is 1. The molecule has 0 aliphatic rings. The third-order valence-electron chi connectivity index (χ3n) is 4.41. The predicted molar refractivity (Wildman–Crippen MR) is 106 cm³/mol. The number of Topliss-reactive ketones (excluding diaryl/α,β-unsaturated/α-hetero) is 1. The molecule has 0 radical (unpaired) electrons. The second kappa shape index (κ2) is 10.3. The highest BCUT2D eigenvalue weighted by Crippen LogP contribution is 2.14. The zero-order valence-electron chi connectivity index (χ0n) is 15.5. The number of aryl methyl sites for hydroxylation is 1. The standard InChI is InChI=1S/C22H25NO4/c1-17(22(26)27)12-13-20(24)19-10-7-9-18(16-19)8-3-2-5-14-23-15-6-4-11-21(23)25/h3-4,6-11,15-17H,2,5,12-14H2,1H3,(H,26,27)/b8-3-/t17-/m0/s1. The number of carbonyl (C=O) groups excluding carboxylic acids is 1. The van der Waals surface area contributed by atoms with Crippen molar-refractivity contribution in [2.45, 2.75) is 39.2 Å². The Morgan fingerprint density at radius 1 is 1.19 bits per heavy atom. The molecule has 1 aromatic heterocycles. The number of nitrogens with zero attached hydrogens (tertiary/aromatic N) is 1. The van der Waals surface area contributed by atoms with E-state index in [1.165, 1.54) is 0 Å². The van der Waals surface area contributed by atoms with Crippen LogP contribution in [0.3, 0.4) is 0 Å². The first-order chi connectivity index (χ1) is 13.0. The van der Waals surface area contributed by atoms with Crippen molar-refractivity contribution in [2.75, 3.05) is 0 Å². The number of carboxylic acids is 1. The molecule has 0 fully saturated rings. The van der Waals surface area contributed by atoms with Crippen LogP contribution in [-0.4, -0.2) is 21.4 Å². The van der Waals surface area contributed by atoms with Gasteiger partial charge >= 0.3 is 5.97 Å². The van der Waals surface area contributed by atoms with Crippen molar-refractivity contribution in [3.63, 3.8) is 0 Å². The normalized spacial score (nSPS) is 12.2. The third-order valence-corrected chi connectivity index (χ3v) is 4.41. The third kappa shape index (κ3) is 6.70. The summed E-state index contributed by atoms with van der Waals surface area (Å²) in [6.07, 6.45) is 8.03. The molecule has 0 bridgehead atoms. The molecule has 142 valence electrons. The lowest BCUT2D eigenvalue weighted by Crippen LogP contribution is -2.17. The summed E-state index contributed by atoms with van der Waals surface area (Å²) < 4.78 is 1.69. The lowest BCUT2D eigenvalue weighted by Gasteiger charge is -2.06. The first-order valence-corrected chi connectivity index (χ1v) is 9.15. The number of unbranched alkanes of at least 4 members (excludes halogenated alkanes) is 1. The van der Waals surface area contributed by atoms with Crippen molar-refractivity contribution in [1.82, 2.24) is 4.57 Å². The maximum Gasteiger partial charge on any atom is 0.306 e. The Morgan fingerprint density at radius 3 is 2.74 bits per heavy atom. The summed E-state index contributed by atoms with van der Waals surface area (Å²) in [6.45, 7) is 2.28. The van der Waals surface area contributed by atoms with Crippen LogP contribution in [0.1, 0.15) is 48.5 Å². The highest BCUT2D eigenvalue weighted by Gasteiger charge is 2.14. The van der Waals surface area contributed by atoms with E-state index in [0.717, 1.165) is 18.4 Å². The average molecular weight is 367 g/mol. The van der Waals surface area contributed by atoms with Gasteiger partial charge in [-0.2, -0.15) is 0 Å². The van der Waals surface area contributed by atoms with Gasteiger partial charge in [-0.1, -0.05) is 43.3 Å². The Morgan fingerprint density at radius 2 is 2.00 bits per heavy atom. The topological polar surface area (TPSA) is 76.4 Å². The van der Waals surface area contributed by atoms with Crippen LogP contribution in [0, 0.1) is 5.92 Å². The maximum absolute atomic E-state index is 12.2. The molecule has 27 heavy (non-hydrogen) atoms. The van der Waals surface area contributed by atoms with Crippen molar-refractivity contribution in [3.8, 4) is 0 Å². The molecule has 1 N–H and O–H groups in total. The molecule has 1 heterocycles. The minimum Gasteiger partial charge on any atom is -0.481 e. The first kappa shape index (κ1) is 20.4. The van der Waals surface area contributed by atoms with Crippen molar-refractivity contribution in [1.29, 1.82) is 0 Å². The molecule has 5 nitrogen and oxygen atoms in total. The largest absolute Gasteiger partial charge is 0.481 e. The summed E-state index contributed by atoms with van der Waals surface area (Å²) in [5.74, 6) is -1.44. The van der Waals surface area contributed by atoms with Crippen LogP contribution in [0.2, 0.25) is 0 Å². The number of hydrogen-bond donors (Lipinski definition) is 1. The van der Waals surface area contributed by atoms with Gasteiger partial charge in [0, 0.05) is 30.8 Å². The van der Waals surface area contributed by atoms with Gasteiger partial charge in [0.15, 0.2) is 5.78 Å². The fourth-order valence-electron chi connectivity index (χ4n) is 2.68. The smallest absolute Gasteiger partial charge is 0.306 e. The van der Waals surface area contributed by atoms with Gasteiger partial charge in [-0.15, -0.1) is 0 Å². The SMILES string of the molecule is C[C@@H](CCC(=O)c1cccc(/C=C\CCCn2ccccc2=O)c1)C(=O)O. The highest BCUT2D eigenvalue weighted by atomic mass is 16.4. The molecule has 1 aromatic carbocycles. The number of allylic oxidation sites excluding steroid dienone is 1. The van der Waals surface area contributed by atoms with E-state index >= 15 is 0 Å². The van der Waals surface area contributed by atoms with Gasteiger partial charge in [-0.25, -0.2) is 0 Å². The van der Waals surface area contributed by atoms with Crippen LogP contribution >= 0.6 is 0 Å². The zero-order valence-corrected chi connectivity index (χ0v) is 15.5. The Bertz CT molecular complexity index is 866. The van der Waals surface area contributed by atoms with Crippen LogP contribution in [0.15, 0.2) is 59.5 Å². The summed E-state index contributed by atoms with van der Waals surface area (Å²) >= 11 is 0. The van der Waals surface area contributed by atoms with Crippen molar-refractivity contribution >= 4 is 17.8 Å². The van der Waals surface area contributed by atoms with Gasteiger partial charge in [0.05, 0.1) is 5.92 Å². The molecule has 0 aliphatic heterocycles. The molecular formula is C22H25NO4. The fourth-order valence-corrected chi connectivity index (χ4v) is 2.68. The van der Waals surface area contributed by atoms with Crippen molar-refractivity contribution in [2.24, 2.45) is 5.92 Å². The van der Waals surface area contributed by atoms with Gasteiger partial charge in [-0.3, -0.25) is 14.4 Å². The number of carbonyl (C=O) groups is 2. The molecule has 0 spiro atoms. The second-order valence-corrected chi connectivity index (χ2v) is 6.60. The van der Waals surface area contributed by atoms with Crippen molar-refractivity contribution < 1.29 is 14.7 Å². The lowest BCUT2D eigenvalue weighted by molar-refractivity contribution is -0.141. The summed E-state index contributed by atoms with van der Waals surface area (Å²) in [6, 6.07) is 12.5. The van der Waals surface area contributed by atoms with E-state index in [1.807, 2.05) is 36.4 Å². The number of aromatic nitrogens is 1. The van der Waals surface area contributed by atoms with E-state index in [2.05, 4.69) is 0 Å². The van der Waals surface area contributed by atoms with E-state index in [1.54, 1.807) is 35.9 Å². The van der Waals surface area contributed by atoms with E-state index in [4.69, 9.17) is 5.11 Å². The van der Waals surface area contributed by atoms with Gasteiger partial charge in [0.25, 0.3) is 0 Å². The van der Waals surface area contributed by atoms with Gasteiger partial charge in [0.2, 0.25) is 5.56 Å². The molecule has 2 aromatic rings. The number of ketones is 1. The number of carboxylic acid groups (broad SMARTS) is 1. The molecule has 1 atom stereocenters. The van der Waals surface area contributed by atoms with E-state index in [-0.39, 0.29) is 17.8 Å². The number of benzene rings is 1. The van der Waals surface area contributed by atoms with E-state index in [0.29, 0.717) is 18.5 Å². The Balaban J connectivity index is 1.84. The molecule has 5 heteroatoms. The molecule has 2 rings (SSSR count). The molecule has 0 saturated carbocycles. The van der Waals surface area contributed by atoms with Crippen LogP contribution in [-0.2, 0) is 11.3 Å². The van der Waals surface area contributed by atoms with Crippen LogP contribution in [0.25, 0.3) is 6.08 Å². The summed E-state index contributed by atoms with van der Waals surface area (Å²) in [5, 5.41) is 8.90. The van der Waals surface area contributed by atoms with Gasteiger partial charge in [-0.05, 0) is 37.0 Å². The number of hydrogen-bond acceptors (Lipinski definition) is 3. The van der Waals surface area contributed by atoms with Gasteiger partial charge < -0.3 is 9.67 Å². The predicted octanol–water partition coefficient (Wildman–Crippen LogP) is 4.03. The molecule has 0 saturated heterocycles. The quantitative estimate of drug-likeness (QED) is 0.508. The lowest BCUT2D eigenvalue weighted by atomic mass is 9.99. The van der Waals surface area contributed by atoms with Crippen molar-refractivity contribution in [3.05, 3.63) is 76.2 Å². The van der Waals surface area contributed by atoms with E-state index in [9.17, 15) is 14.4 Å². The minimum absolute atomic E-state index is 0.00455. The van der Waals surface area contributed by atoms with Gasteiger partial charge in [0.1, 0.15) is 0 Å². The summed E-state index contributed by atoms with van der Waals surface area (Å²) in [5.41, 5.74) is 1.54. The van der Waals surface area contributed by atoms with Crippen LogP contribution < -0.4 is 5.56 Å². The van der Waals surface area contributed by atoms with E-state index < -0.39 is 11.9 Å². The fraction of sp³-hybridized carbons (Fsp3) is 0.318. The Kier molecular flexibility index (Phi) is 7.74. The molecule has 0 aliphatic carbocycles. The minimum atomic E-state index is -0.878. The number of aliphatic carboxylic acids is 1. The highest BCUT2D eigenvalue weighted by molar-refractivity contribution is 5.96.